The van der Waals surface area contributed by atoms with E-state index in [0.29, 0.717) is 17.6 Å². The molecule has 10 heavy (non-hydrogen) atoms. The van der Waals surface area contributed by atoms with E-state index < -0.39 is 0 Å². The summed E-state index contributed by atoms with van der Waals surface area (Å²) >= 11 is 0. The molecular weight excluding hydrogens is 124 g/mol. The highest BCUT2D eigenvalue weighted by atomic mass is 16.1. The van der Waals surface area contributed by atoms with Crippen molar-refractivity contribution in [2.24, 2.45) is 11.8 Å². The second-order valence-corrected chi connectivity index (χ2v) is 3.37. The van der Waals surface area contributed by atoms with Crippen LogP contribution in [-0.4, -0.2) is 5.78 Å². The lowest BCUT2D eigenvalue weighted by Gasteiger charge is -2.14. The smallest absolute Gasteiger partial charge is 0.133 e. The van der Waals surface area contributed by atoms with Crippen LogP contribution in [0.5, 0.6) is 0 Å². The quantitative estimate of drug-likeness (QED) is 0.535. The van der Waals surface area contributed by atoms with Crippen molar-refractivity contribution in [3.8, 4) is 0 Å². The van der Waals surface area contributed by atoms with Crippen LogP contribution in [0.25, 0.3) is 0 Å². The molecule has 0 amide bonds. The third kappa shape index (κ3) is 0.731. The van der Waals surface area contributed by atoms with Gasteiger partial charge in [-0.2, -0.15) is 0 Å². The summed E-state index contributed by atoms with van der Waals surface area (Å²) in [6.07, 6.45) is 6.52. The van der Waals surface area contributed by atoms with E-state index >= 15 is 0 Å². The van der Waals surface area contributed by atoms with Crippen molar-refractivity contribution in [2.45, 2.75) is 26.2 Å². The topological polar surface area (TPSA) is 17.1 Å². The second-order valence-electron chi connectivity index (χ2n) is 3.37. The Bertz CT molecular complexity index is 203. The fourth-order valence-electron chi connectivity index (χ4n) is 2.08. The van der Waals surface area contributed by atoms with E-state index in [9.17, 15) is 4.79 Å². The minimum absolute atomic E-state index is 0.358. The van der Waals surface area contributed by atoms with Crippen molar-refractivity contribution in [3.05, 3.63) is 11.6 Å². The minimum atomic E-state index is 0.358. The first-order valence-corrected chi connectivity index (χ1v) is 3.86. The van der Waals surface area contributed by atoms with Crippen LogP contribution in [0.15, 0.2) is 5.57 Å². The Morgan fingerprint density at radius 3 is 2.70 bits per heavy atom. The lowest BCUT2D eigenvalue weighted by Crippen LogP contribution is -2.16. The summed E-state index contributed by atoms with van der Waals surface area (Å²) in [4.78, 5) is 11.0. The number of ketones is 1. The van der Waals surface area contributed by atoms with E-state index in [1.165, 1.54) is 5.57 Å². The molecule has 0 aromatic carbocycles. The molecule has 0 N–H and O–H groups in total. The SMILES string of the molecule is CC(=O)C1CC2=[C]CC1C2. The van der Waals surface area contributed by atoms with Gasteiger partial charge in [-0.3, -0.25) is 4.79 Å². The number of hydrogen-bond acceptors (Lipinski definition) is 1. The molecule has 1 fully saturated rings. The maximum absolute atomic E-state index is 11.0. The van der Waals surface area contributed by atoms with Crippen LogP contribution in [0.3, 0.4) is 0 Å². The first-order chi connectivity index (χ1) is 4.77. The van der Waals surface area contributed by atoms with Crippen molar-refractivity contribution in [3.63, 3.8) is 0 Å². The highest BCUT2D eigenvalue weighted by Crippen LogP contribution is 2.43. The molecule has 1 nitrogen and oxygen atoms in total. The molecule has 0 heterocycles. The molecule has 0 aromatic heterocycles. The molecule has 2 unspecified atom stereocenters. The van der Waals surface area contributed by atoms with E-state index in [1.807, 2.05) is 0 Å². The summed E-state index contributed by atoms with van der Waals surface area (Å²) in [5.41, 5.74) is 1.41. The molecular formula is C9H11O. The second kappa shape index (κ2) is 1.94. The third-order valence-corrected chi connectivity index (χ3v) is 2.68. The lowest BCUT2D eigenvalue weighted by atomic mass is 9.89. The summed E-state index contributed by atoms with van der Waals surface area (Å²) in [6, 6.07) is 0. The van der Waals surface area contributed by atoms with Gasteiger partial charge in [-0.15, -0.1) is 0 Å². The molecule has 1 saturated carbocycles. The average molecular weight is 135 g/mol. The van der Waals surface area contributed by atoms with Gasteiger partial charge in [0.25, 0.3) is 0 Å². The van der Waals surface area contributed by atoms with Gasteiger partial charge in [0, 0.05) is 5.92 Å². The summed E-state index contributed by atoms with van der Waals surface area (Å²) in [6.45, 7) is 1.71. The van der Waals surface area contributed by atoms with Crippen molar-refractivity contribution < 1.29 is 4.79 Å². The van der Waals surface area contributed by atoms with Gasteiger partial charge in [0.1, 0.15) is 5.78 Å². The summed E-state index contributed by atoms with van der Waals surface area (Å²) in [5.74, 6) is 1.37. The molecule has 0 aliphatic heterocycles. The zero-order valence-corrected chi connectivity index (χ0v) is 6.18. The Labute approximate surface area is 61.1 Å². The highest BCUT2D eigenvalue weighted by molar-refractivity contribution is 5.79. The molecule has 0 saturated heterocycles. The predicted octanol–water partition coefficient (Wildman–Crippen LogP) is 1.73. The highest BCUT2D eigenvalue weighted by Gasteiger charge is 2.36. The van der Waals surface area contributed by atoms with E-state index in [-0.39, 0.29) is 0 Å². The van der Waals surface area contributed by atoms with Crippen LogP contribution in [-0.2, 0) is 4.79 Å². The van der Waals surface area contributed by atoms with Crippen molar-refractivity contribution in [1.29, 1.82) is 0 Å². The Hall–Kier alpha value is -0.590. The van der Waals surface area contributed by atoms with Gasteiger partial charge < -0.3 is 0 Å². The Morgan fingerprint density at radius 1 is 1.60 bits per heavy atom. The fraction of sp³-hybridized carbons (Fsp3) is 0.667. The maximum atomic E-state index is 11.0. The molecule has 0 spiro atoms. The minimum Gasteiger partial charge on any atom is -0.300 e. The van der Waals surface area contributed by atoms with Crippen LogP contribution in [0.1, 0.15) is 26.2 Å². The molecule has 1 heteroatoms. The van der Waals surface area contributed by atoms with Crippen LogP contribution < -0.4 is 0 Å². The number of rotatable bonds is 1. The zero-order chi connectivity index (χ0) is 7.14. The number of allylic oxidation sites excluding steroid dienone is 2. The van der Waals surface area contributed by atoms with Gasteiger partial charge in [0.2, 0.25) is 0 Å². The van der Waals surface area contributed by atoms with E-state index in [4.69, 9.17) is 0 Å². The van der Waals surface area contributed by atoms with E-state index in [1.54, 1.807) is 6.92 Å². The standard InChI is InChI=1S/C9H11O/c1-6(10)9-5-7-2-3-8(9)4-7/h8-9H,3-5H2,1H3. The first-order valence-electron chi connectivity index (χ1n) is 3.86. The van der Waals surface area contributed by atoms with Crippen molar-refractivity contribution in [2.75, 3.05) is 0 Å². The van der Waals surface area contributed by atoms with Gasteiger partial charge in [-0.1, -0.05) is 5.57 Å². The van der Waals surface area contributed by atoms with Crippen LogP contribution in [0, 0.1) is 17.9 Å². The predicted molar refractivity (Wildman–Crippen MR) is 38.3 cm³/mol. The normalized spacial score (nSPS) is 36.3. The van der Waals surface area contributed by atoms with Crippen LogP contribution >= 0.6 is 0 Å². The zero-order valence-electron chi connectivity index (χ0n) is 6.18. The third-order valence-electron chi connectivity index (χ3n) is 2.68. The van der Waals surface area contributed by atoms with Gasteiger partial charge in [-0.25, -0.2) is 0 Å². The monoisotopic (exact) mass is 135 g/mol. The fourth-order valence-corrected chi connectivity index (χ4v) is 2.08. The van der Waals surface area contributed by atoms with Crippen LogP contribution in [0.4, 0.5) is 0 Å². The Kier molecular flexibility index (Phi) is 1.19. The number of Topliss-reactive ketones (excluding diaryl/α,β-unsaturated/α-hetero) is 1. The summed E-state index contributed by atoms with van der Waals surface area (Å²) in [7, 11) is 0. The van der Waals surface area contributed by atoms with Crippen LogP contribution in [0.2, 0.25) is 0 Å². The molecule has 2 aliphatic rings. The molecule has 1 radical (unpaired) electrons. The summed E-state index contributed by atoms with van der Waals surface area (Å²) in [5, 5.41) is 0. The number of fused-ring (bicyclic) bond motifs is 2. The molecule has 2 bridgehead atoms. The van der Waals surface area contributed by atoms with Crippen molar-refractivity contribution >= 4 is 5.78 Å². The Balaban J connectivity index is 2.17. The van der Waals surface area contributed by atoms with Gasteiger partial charge in [0.05, 0.1) is 0 Å². The largest absolute Gasteiger partial charge is 0.300 e. The van der Waals surface area contributed by atoms with E-state index in [2.05, 4.69) is 6.08 Å². The summed E-state index contributed by atoms with van der Waals surface area (Å²) < 4.78 is 0. The van der Waals surface area contributed by atoms with Gasteiger partial charge in [-0.05, 0) is 38.2 Å². The van der Waals surface area contributed by atoms with Crippen molar-refractivity contribution in [1.82, 2.24) is 0 Å². The molecule has 2 rings (SSSR count). The van der Waals surface area contributed by atoms with Gasteiger partial charge in [0.15, 0.2) is 0 Å². The molecule has 2 aliphatic carbocycles. The van der Waals surface area contributed by atoms with E-state index in [0.717, 1.165) is 19.3 Å². The Morgan fingerprint density at radius 2 is 2.40 bits per heavy atom. The molecule has 0 aromatic rings. The van der Waals surface area contributed by atoms with Gasteiger partial charge >= 0.3 is 0 Å². The first kappa shape index (κ1) is 6.14. The number of hydrogen-bond donors (Lipinski definition) is 0. The average Bonchev–Trinajstić information content (AvgIpc) is 2.44. The lowest BCUT2D eigenvalue weighted by molar-refractivity contribution is -0.121. The molecule has 2 atom stereocenters. The maximum Gasteiger partial charge on any atom is 0.133 e. The number of carbonyl (C=O) groups excluding carboxylic acids is 1. The molecule has 53 valence electrons. The number of carbonyl (C=O) groups is 1.